The Hall–Kier alpha value is -4.50. The van der Waals surface area contributed by atoms with E-state index in [4.69, 9.17) is 0 Å². The minimum Gasteiger partial charge on any atom is -0.386 e. The number of hydrogen-bond acceptors (Lipinski definition) is 4. The number of hydrogen-bond donors (Lipinski definition) is 3. The number of carbonyl (C=O) groups is 1. The van der Waals surface area contributed by atoms with Crippen LogP contribution >= 0.6 is 0 Å². The van der Waals surface area contributed by atoms with Crippen molar-refractivity contribution in [2.24, 2.45) is 0 Å². The molecular weight excluding hydrogens is 446 g/mol. The van der Waals surface area contributed by atoms with Crippen LogP contribution in [0.15, 0.2) is 115 Å². The van der Waals surface area contributed by atoms with Crippen LogP contribution < -0.4 is 10.6 Å². The van der Waals surface area contributed by atoms with Crippen molar-refractivity contribution in [3.63, 3.8) is 0 Å². The zero-order valence-corrected chi connectivity index (χ0v) is 19.7. The Morgan fingerprint density at radius 2 is 1.36 bits per heavy atom. The van der Waals surface area contributed by atoms with Gasteiger partial charge in [-0.3, -0.25) is 10.1 Å². The lowest BCUT2D eigenvalue weighted by atomic mass is 9.96. The zero-order chi connectivity index (χ0) is 25.2. The Balaban J connectivity index is 1.40. The lowest BCUT2D eigenvalue weighted by molar-refractivity contribution is -0.115. The monoisotopic (exact) mass is 473 g/mol. The van der Waals surface area contributed by atoms with Gasteiger partial charge in [-0.25, -0.2) is 0 Å². The summed E-state index contributed by atoms with van der Waals surface area (Å²) in [5.41, 5.74) is 4.60. The number of anilines is 1. The molecular formula is C31H27N3O2. The fourth-order valence-electron chi connectivity index (χ4n) is 3.95. The molecule has 0 saturated heterocycles. The predicted octanol–water partition coefficient (Wildman–Crippen LogP) is 5.75. The molecule has 0 saturated carbocycles. The van der Waals surface area contributed by atoms with Gasteiger partial charge >= 0.3 is 0 Å². The number of allylic oxidation sites excluding steroid dienone is 1. The van der Waals surface area contributed by atoms with Gasteiger partial charge in [0.05, 0.1) is 30.3 Å². The third-order valence-electron chi connectivity index (χ3n) is 5.81. The summed E-state index contributed by atoms with van der Waals surface area (Å²) in [5, 5.41) is 26.6. The highest BCUT2D eigenvalue weighted by Gasteiger charge is 2.23. The van der Waals surface area contributed by atoms with E-state index in [2.05, 4.69) is 16.7 Å². The van der Waals surface area contributed by atoms with E-state index in [0.717, 1.165) is 22.3 Å². The van der Waals surface area contributed by atoms with E-state index in [9.17, 15) is 15.2 Å². The molecule has 0 radical (unpaired) electrons. The summed E-state index contributed by atoms with van der Waals surface area (Å²) in [6.07, 6.45) is 1.00. The largest absolute Gasteiger partial charge is 0.386 e. The maximum Gasteiger partial charge on any atom is 0.238 e. The van der Waals surface area contributed by atoms with Crippen LogP contribution in [-0.4, -0.2) is 17.6 Å². The van der Waals surface area contributed by atoms with Gasteiger partial charge in [0.25, 0.3) is 0 Å². The summed E-state index contributed by atoms with van der Waals surface area (Å²) in [6, 6.07) is 37.6. The lowest BCUT2D eigenvalue weighted by Crippen LogP contribution is -2.34. The highest BCUT2D eigenvalue weighted by atomic mass is 16.3. The Morgan fingerprint density at radius 3 is 1.94 bits per heavy atom. The fraction of sp³-hybridized carbons (Fsp3) is 0.0968. The minimum absolute atomic E-state index is 0.0255. The van der Waals surface area contributed by atoms with Crippen LogP contribution in [0, 0.1) is 11.3 Å². The number of rotatable bonds is 9. The molecule has 4 rings (SSSR count). The van der Waals surface area contributed by atoms with Crippen molar-refractivity contribution in [3.05, 3.63) is 138 Å². The number of nitrogens with one attached hydrogen (secondary N) is 2. The first-order valence-corrected chi connectivity index (χ1v) is 11.7. The molecule has 0 heterocycles. The zero-order valence-electron chi connectivity index (χ0n) is 19.7. The van der Waals surface area contributed by atoms with Crippen molar-refractivity contribution in [1.29, 1.82) is 5.26 Å². The average Bonchev–Trinajstić information content (AvgIpc) is 2.94. The minimum atomic E-state index is -0.814. The van der Waals surface area contributed by atoms with Gasteiger partial charge < -0.3 is 10.4 Å². The first-order chi connectivity index (χ1) is 17.6. The van der Waals surface area contributed by atoms with Crippen molar-refractivity contribution >= 4 is 23.2 Å². The Kier molecular flexibility index (Phi) is 8.39. The van der Waals surface area contributed by atoms with Gasteiger partial charge in [-0.05, 0) is 40.5 Å². The van der Waals surface area contributed by atoms with Crippen LogP contribution in [0.4, 0.5) is 5.69 Å². The Labute approximate surface area is 211 Å². The van der Waals surface area contributed by atoms with E-state index < -0.39 is 12.1 Å². The molecule has 0 aliphatic carbocycles. The van der Waals surface area contributed by atoms with Gasteiger partial charge in [0, 0.05) is 5.69 Å². The second kappa shape index (κ2) is 12.3. The van der Waals surface area contributed by atoms with Crippen molar-refractivity contribution in [1.82, 2.24) is 5.32 Å². The third-order valence-corrected chi connectivity index (χ3v) is 5.81. The molecule has 0 spiro atoms. The molecule has 2 atom stereocenters. The van der Waals surface area contributed by atoms with Crippen molar-refractivity contribution in [2.75, 3.05) is 11.9 Å². The third kappa shape index (κ3) is 6.55. The summed E-state index contributed by atoms with van der Waals surface area (Å²) in [7, 11) is 0. The van der Waals surface area contributed by atoms with E-state index in [-0.39, 0.29) is 12.5 Å². The molecule has 4 aromatic carbocycles. The number of aliphatic hydroxyl groups excluding tert-OH is 1. The fourth-order valence-corrected chi connectivity index (χ4v) is 3.95. The number of carbonyl (C=O) groups excluding carboxylic acids is 1. The molecule has 1 amide bonds. The Morgan fingerprint density at radius 1 is 0.806 bits per heavy atom. The highest BCUT2D eigenvalue weighted by Crippen LogP contribution is 2.28. The van der Waals surface area contributed by atoms with Crippen molar-refractivity contribution in [3.8, 4) is 6.07 Å². The molecule has 0 bridgehead atoms. The van der Waals surface area contributed by atoms with Crippen molar-refractivity contribution < 1.29 is 9.90 Å². The second-order valence-electron chi connectivity index (χ2n) is 8.33. The van der Waals surface area contributed by atoms with Gasteiger partial charge in [0.1, 0.15) is 0 Å². The first kappa shape index (κ1) is 24.6. The van der Waals surface area contributed by atoms with Gasteiger partial charge in [-0.1, -0.05) is 103 Å². The average molecular weight is 474 g/mol. The summed E-state index contributed by atoms with van der Waals surface area (Å²) in [5.74, 6) is -0.221. The number of nitriles is 1. The molecule has 4 aromatic rings. The lowest BCUT2D eigenvalue weighted by Gasteiger charge is -2.25. The number of amides is 1. The van der Waals surface area contributed by atoms with Crippen molar-refractivity contribution in [2.45, 2.75) is 12.1 Å². The van der Waals surface area contributed by atoms with Crippen LogP contribution in [0.1, 0.15) is 34.4 Å². The van der Waals surface area contributed by atoms with E-state index in [1.807, 2.05) is 109 Å². The topological polar surface area (TPSA) is 85.2 Å². The number of benzene rings is 4. The molecule has 3 N–H and O–H groups in total. The first-order valence-electron chi connectivity index (χ1n) is 11.7. The molecule has 0 unspecified atom stereocenters. The maximum atomic E-state index is 12.7. The summed E-state index contributed by atoms with van der Waals surface area (Å²) >= 11 is 0. The molecule has 178 valence electrons. The molecule has 5 heteroatoms. The number of nitrogens with zero attached hydrogens (tertiary/aromatic N) is 1. The maximum absolute atomic E-state index is 12.7. The van der Waals surface area contributed by atoms with Gasteiger partial charge in [0.15, 0.2) is 0 Å². The molecule has 0 aliphatic heterocycles. The van der Waals surface area contributed by atoms with Crippen LogP contribution in [0.25, 0.3) is 11.6 Å². The second-order valence-corrected chi connectivity index (χ2v) is 8.33. The summed E-state index contributed by atoms with van der Waals surface area (Å²) in [6.45, 7) is 0.0255. The van der Waals surface area contributed by atoms with E-state index in [0.29, 0.717) is 11.3 Å². The van der Waals surface area contributed by atoms with Crippen LogP contribution in [0.2, 0.25) is 0 Å². The van der Waals surface area contributed by atoms with E-state index in [1.165, 1.54) is 0 Å². The predicted molar refractivity (Wildman–Crippen MR) is 144 cm³/mol. The standard InChI is InChI=1S/C31H27N3O2/c32-21-27(24-10-4-1-5-11-24)20-23-16-18-28(19-17-23)34-29(35)22-33-30(25-12-6-2-7-13-25)31(36)26-14-8-3-9-15-26/h1-20,30-31,33,36H,22H2,(H,34,35)/b27-20+/t30-,31+/m0/s1. The van der Waals surface area contributed by atoms with Crippen LogP contribution in [0.5, 0.6) is 0 Å². The van der Waals surface area contributed by atoms with Crippen LogP contribution in [0.3, 0.4) is 0 Å². The van der Waals surface area contributed by atoms with E-state index in [1.54, 1.807) is 12.1 Å². The molecule has 0 fully saturated rings. The van der Waals surface area contributed by atoms with Gasteiger partial charge in [-0.2, -0.15) is 5.26 Å². The number of aliphatic hydroxyl groups is 1. The van der Waals surface area contributed by atoms with Gasteiger partial charge in [-0.15, -0.1) is 0 Å². The van der Waals surface area contributed by atoms with Crippen LogP contribution in [-0.2, 0) is 4.79 Å². The normalized spacial score (nSPS) is 12.8. The summed E-state index contributed by atoms with van der Waals surface area (Å²) < 4.78 is 0. The molecule has 0 aromatic heterocycles. The SMILES string of the molecule is N#C/C(=C\c1ccc(NC(=O)CN[C@@H](c2ccccc2)[C@H](O)c2ccccc2)cc1)c1ccccc1. The quantitative estimate of drug-likeness (QED) is 0.213. The van der Waals surface area contributed by atoms with Gasteiger partial charge in [0.2, 0.25) is 5.91 Å². The smallest absolute Gasteiger partial charge is 0.238 e. The summed E-state index contributed by atoms with van der Waals surface area (Å²) in [4.78, 5) is 12.7. The van der Waals surface area contributed by atoms with E-state index >= 15 is 0 Å². The molecule has 36 heavy (non-hydrogen) atoms. The molecule has 5 nitrogen and oxygen atoms in total. The highest BCUT2D eigenvalue weighted by molar-refractivity contribution is 5.93. The Bertz CT molecular complexity index is 1330. The molecule has 0 aliphatic rings.